The normalized spacial score (nSPS) is 11.4. The van der Waals surface area contributed by atoms with Crippen LogP contribution in [0.2, 0.25) is 0 Å². The number of hydrogen-bond acceptors (Lipinski definition) is 8. The molecule has 0 bridgehead atoms. The summed E-state index contributed by atoms with van der Waals surface area (Å²) in [4.78, 5) is 24.9. The average molecular weight is 713 g/mol. The maximum atomic E-state index is 12.5. The van der Waals surface area contributed by atoms with E-state index in [4.69, 9.17) is 28.4 Å². The first kappa shape index (κ1) is 38.0. The van der Waals surface area contributed by atoms with Gasteiger partial charge in [0, 0.05) is 12.8 Å². The molecule has 0 saturated carbocycles. The Morgan fingerprint density at radius 1 is 0.491 bits per heavy atom. The fourth-order valence-corrected chi connectivity index (χ4v) is 5.08. The second-order valence-electron chi connectivity index (χ2n) is 12.2. The highest BCUT2D eigenvalue weighted by molar-refractivity contribution is 5.88. The van der Waals surface area contributed by atoms with Crippen molar-refractivity contribution in [2.75, 3.05) is 26.4 Å². The lowest BCUT2D eigenvalue weighted by atomic mass is 10.1. The van der Waals surface area contributed by atoms with Gasteiger partial charge in [-0.15, -0.1) is 0 Å². The topological polar surface area (TPSA) is 89.5 Å². The number of benzene rings is 5. The molecule has 0 heterocycles. The molecule has 0 atom stereocenters. The Labute approximate surface area is 311 Å². The van der Waals surface area contributed by atoms with Crippen molar-refractivity contribution in [2.45, 2.75) is 33.6 Å². The number of para-hydroxylation sites is 1. The van der Waals surface area contributed by atoms with Crippen LogP contribution in [0.1, 0.15) is 32.3 Å². The van der Waals surface area contributed by atoms with E-state index in [-0.39, 0.29) is 13.2 Å². The second-order valence-corrected chi connectivity index (χ2v) is 12.2. The molecule has 0 radical (unpaired) electrons. The van der Waals surface area contributed by atoms with Crippen LogP contribution < -0.4 is 18.9 Å². The van der Waals surface area contributed by atoms with Gasteiger partial charge in [-0.25, -0.2) is 9.59 Å². The standard InChI is InChI=1S/C45H44O8/c1-33-13-10-18-42(48-27-11-29-50-44(46)34(2)31-52-40-23-19-38(20-24-40)36-14-6-4-7-15-36)43(33)49-28-12-30-51-45(47)35(3)32-53-41-25-21-39(22-26-41)37-16-8-5-9-17-37/h4-10,13-26,31-32H,11-12,27-30H2,1-3H3. The zero-order chi connectivity index (χ0) is 37.3. The molecule has 272 valence electrons. The number of hydrogen-bond donors (Lipinski definition) is 0. The Hall–Kier alpha value is -6.28. The van der Waals surface area contributed by atoms with Crippen LogP contribution in [0.25, 0.3) is 22.3 Å². The zero-order valence-electron chi connectivity index (χ0n) is 30.3. The van der Waals surface area contributed by atoms with Gasteiger partial charge in [0.1, 0.15) is 24.0 Å². The summed E-state index contributed by atoms with van der Waals surface area (Å²) >= 11 is 0. The van der Waals surface area contributed by atoms with Gasteiger partial charge < -0.3 is 28.4 Å². The van der Waals surface area contributed by atoms with Gasteiger partial charge in [0.05, 0.1) is 37.6 Å². The molecule has 53 heavy (non-hydrogen) atoms. The summed E-state index contributed by atoms with van der Waals surface area (Å²) in [7, 11) is 0. The van der Waals surface area contributed by atoms with Gasteiger partial charge in [-0.3, -0.25) is 0 Å². The van der Waals surface area contributed by atoms with E-state index in [0.717, 1.165) is 27.8 Å². The van der Waals surface area contributed by atoms with Crippen LogP contribution in [-0.4, -0.2) is 38.4 Å². The van der Waals surface area contributed by atoms with Crippen molar-refractivity contribution < 1.29 is 38.0 Å². The van der Waals surface area contributed by atoms with Crippen molar-refractivity contribution in [3.8, 4) is 45.3 Å². The molecule has 0 aromatic heterocycles. The van der Waals surface area contributed by atoms with E-state index in [0.29, 0.717) is 60.2 Å². The number of ether oxygens (including phenoxy) is 6. The van der Waals surface area contributed by atoms with E-state index in [1.54, 1.807) is 13.8 Å². The quantitative estimate of drug-likeness (QED) is 0.0384. The third kappa shape index (κ3) is 11.9. The lowest BCUT2D eigenvalue weighted by molar-refractivity contribution is -0.140. The van der Waals surface area contributed by atoms with Gasteiger partial charge in [-0.1, -0.05) is 97.1 Å². The molecule has 5 aromatic rings. The maximum absolute atomic E-state index is 12.5. The first-order valence-electron chi connectivity index (χ1n) is 17.5. The minimum Gasteiger partial charge on any atom is -0.490 e. The van der Waals surface area contributed by atoms with Gasteiger partial charge >= 0.3 is 11.9 Å². The molecule has 0 amide bonds. The molecule has 0 N–H and O–H groups in total. The van der Waals surface area contributed by atoms with Gasteiger partial charge in [-0.05, 0) is 78.9 Å². The maximum Gasteiger partial charge on any atom is 0.336 e. The second kappa shape index (κ2) is 19.9. The Balaban J connectivity index is 0.969. The van der Waals surface area contributed by atoms with Crippen molar-refractivity contribution in [3.05, 3.63) is 157 Å². The summed E-state index contributed by atoms with van der Waals surface area (Å²) in [5, 5.41) is 0. The zero-order valence-corrected chi connectivity index (χ0v) is 30.3. The predicted molar refractivity (Wildman–Crippen MR) is 206 cm³/mol. The van der Waals surface area contributed by atoms with Crippen molar-refractivity contribution in [3.63, 3.8) is 0 Å². The highest BCUT2D eigenvalue weighted by Gasteiger charge is 2.11. The highest BCUT2D eigenvalue weighted by Crippen LogP contribution is 2.31. The van der Waals surface area contributed by atoms with Crippen molar-refractivity contribution in [2.24, 2.45) is 0 Å². The average Bonchev–Trinajstić information content (AvgIpc) is 3.20. The van der Waals surface area contributed by atoms with E-state index >= 15 is 0 Å². The molecule has 5 rings (SSSR count). The number of aryl methyl sites for hydroxylation is 1. The molecule has 0 saturated heterocycles. The van der Waals surface area contributed by atoms with E-state index in [1.165, 1.54) is 12.5 Å². The van der Waals surface area contributed by atoms with E-state index in [9.17, 15) is 9.59 Å². The van der Waals surface area contributed by atoms with Crippen LogP contribution in [0.3, 0.4) is 0 Å². The minimum atomic E-state index is -0.460. The molecule has 0 aliphatic carbocycles. The summed E-state index contributed by atoms with van der Waals surface area (Å²) in [5.74, 6) is 1.53. The molecule has 0 aliphatic rings. The van der Waals surface area contributed by atoms with Crippen molar-refractivity contribution >= 4 is 11.9 Å². The molecular weight excluding hydrogens is 668 g/mol. The predicted octanol–water partition coefficient (Wildman–Crippen LogP) is 9.92. The third-order valence-corrected chi connectivity index (χ3v) is 8.03. The van der Waals surface area contributed by atoms with Crippen molar-refractivity contribution in [1.82, 2.24) is 0 Å². The molecule has 8 heteroatoms. The fourth-order valence-electron chi connectivity index (χ4n) is 5.08. The monoisotopic (exact) mass is 712 g/mol. The van der Waals surface area contributed by atoms with Crippen LogP contribution in [-0.2, 0) is 19.1 Å². The first-order valence-corrected chi connectivity index (χ1v) is 17.5. The van der Waals surface area contributed by atoms with E-state index in [2.05, 4.69) is 0 Å². The number of carbonyl (C=O) groups excluding carboxylic acids is 2. The first-order chi connectivity index (χ1) is 25.9. The Kier molecular flexibility index (Phi) is 14.3. The van der Waals surface area contributed by atoms with Crippen LogP contribution in [0, 0.1) is 6.92 Å². The molecule has 0 aliphatic heterocycles. The molecule has 0 spiro atoms. The largest absolute Gasteiger partial charge is 0.490 e. The summed E-state index contributed by atoms with van der Waals surface area (Å²) in [5.41, 5.74) is 6.01. The third-order valence-electron chi connectivity index (χ3n) is 8.03. The number of rotatable bonds is 18. The Morgan fingerprint density at radius 3 is 1.40 bits per heavy atom. The van der Waals surface area contributed by atoms with Gasteiger partial charge in [0.15, 0.2) is 11.5 Å². The fraction of sp³-hybridized carbons (Fsp3) is 0.200. The van der Waals surface area contributed by atoms with Gasteiger partial charge in [-0.2, -0.15) is 0 Å². The van der Waals surface area contributed by atoms with Crippen LogP contribution in [0.15, 0.2) is 151 Å². The highest BCUT2D eigenvalue weighted by atomic mass is 16.5. The number of carbonyl (C=O) groups is 2. The van der Waals surface area contributed by atoms with Gasteiger partial charge in [0.2, 0.25) is 0 Å². The molecule has 8 nitrogen and oxygen atoms in total. The summed E-state index contributed by atoms with van der Waals surface area (Å²) in [6, 6.07) is 41.1. The lowest BCUT2D eigenvalue weighted by Gasteiger charge is -2.15. The van der Waals surface area contributed by atoms with Crippen LogP contribution in [0.5, 0.6) is 23.0 Å². The lowest BCUT2D eigenvalue weighted by Crippen LogP contribution is -2.12. The molecule has 0 fully saturated rings. The van der Waals surface area contributed by atoms with Gasteiger partial charge in [0.25, 0.3) is 0 Å². The van der Waals surface area contributed by atoms with Crippen LogP contribution >= 0.6 is 0 Å². The number of esters is 2. The molecule has 0 unspecified atom stereocenters. The Bertz CT molecular complexity index is 1970. The van der Waals surface area contributed by atoms with E-state index in [1.807, 2.05) is 134 Å². The van der Waals surface area contributed by atoms with Crippen LogP contribution in [0.4, 0.5) is 0 Å². The molecular formula is C45H44O8. The van der Waals surface area contributed by atoms with E-state index < -0.39 is 11.9 Å². The smallest absolute Gasteiger partial charge is 0.336 e. The summed E-state index contributed by atoms with van der Waals surface area (Å²) in [6.45, 7) is 6.24. The molecule has 5 aromatic carbocycles. The minimum absolute atomic E-state index is 0.183. The summed E-state index contributed by atoms with van der Waals surface area (Å²) in [6.07, 6.45) is 3.76. The summed E-state index contributed by atoms with van der Waals surface area (Å²) < 4.78 is 34.1. The Morgan fingerprint density at radius 2 is 0.925 bits per heavy atom. The van der Waals surface area contributed by atoms with Crippen molar-refractivity contribution in [1.29, 1.82) is 0 Å². The SMILES string of the molecule is CC(=COc1ccc(-c2ccccc2)cc1)C(=O)OCCCOc1cccc(C)c1OCCCOC(=O)C(C)=COc1ccc(-c2ccccc2)cc1.